The van der Waals surface area contributed by atoms with Crippen molar-refractivity contribution >= 4 is 64.1 Å². The number of fused-ring (bicyclic) bond motifs is 6. The van der Waals surface area contributed by atoms with Crippen LogP contribution in [0.15, 0.2) is 140 Å². The van der Waals surface area contributed by atoms with Crippen molar-refractivity contribution in [1.29, 1.82) is 0 Å². The molecular formula is C41H28N2S. The van der Waals surface area contributed by atoms with Gasteiger partial charge in [0.1, 0.15) is 5.82 Å². The number of thiophene rings is 1. The molecule has 7 aromatic carbocycles. The summed E-state index contributed by atoms with van der Waals surface area (Å²) >= 11 is 1.88. The molecule has 0 N–H and O–H groups in total. The van der Waals surface area contributed by atoms with Crippen LogP contribution in [0.3, 0.4) is 0 Å². The van der Waals surface area contributed by atoms with E-state index in [4.69, 9.17) is 4.98 Å². The molecule has 0 bridgehead atoms. The summed E-state index contributed by atoms with van der Waals surface area (Å²) in [6.07, 6.45) is 0.875. The molecule has 0 amide bonds. The van der Waals surface area contributed by atoms with E-state index >= 15 is 0 Å². The van der Waals surface area contributed by atoms with E-state index in [0.717, 1.165) is 29.0 Å². The number of benzene rings is 7. The van der Waals surface area contributed by atoms with Crippen molar-refractivity contribution in [3.05, 3.63) is 145 Å². The standard InChI is InChI=1S/C41H28N2S/c1-2-39-42-35-16-8-9-17-36(35)43(39)28-22-19-26(20-23-28)40-31-12-3-5-14-33(31)41(34-15-6-4-13-32(34)40)27-21-24-30-29-11-7-10-18-37(29)44-38(30)25-27/h3-25H,2H2,1H3. The lowest BCUT2D eigenvalue weighted by Crippen LogP contribution is -2.00. The Labute approximate surface area is 259 Å². The van der Waals surface area contributed by atoms with Gasteiger partial charge in [-0.25, -0.2) is 4.98 Å². The van der Waals surface area contributed by atoms with Gasteiger partial charge in [0.2, 0.25) is 0 Å². The van der Waals surface area contributed by atoms with Gasteiger partial charge in [0.05, 0.1) is 11.0 Å². The van der Waals surface area contributed by atoms with Gasteiger partial charge < -0.3 is 0 Å². The molecule has 0 aliphatic carbocycles. The second-order valence-corrected chi connectivity index (χ2v) is 12.5. The van der Waals surface area contributed by atoms with Crippen LogP contribution in [0.4, 0.5) is 0 Å². The minimum absolute atomic E-state index is 0.875. The van der Waals surface area contributed by atoms with Crippen molar-refractivity contribution in [2.24, 2.45) is 0 Å². The zero-order chi connectivity index (χ0) is 29.2. The number of aromatic nitrogens is 2. The van der Waals surface area contributed by atoms with Gasteiger partial charge in [-0.3, -0.25) is 4.57 Å². The second kappa shape index (κ2) is 9.90. The Morgan fingerprint density at radius 3 is 1.75 bits per heavy atom. The molecule has 44 heavy (non-hydrogen) atoms. The smallest absolute Gasteiger partial charge is 0.114 e. The third kappa shape index (κ3) is 3.76. The minimum atomic E-state index is 0.875. The van der Waals surface area contributed by atoms with Gasteiger partial charge in [-0.2, -0.15) is 0 Å². The maximum atomic E-state index is 4.90. The molecule has 3 heteroatoms. The Hall–Kier alpha value is -5.25. The van der Waals surface area contributed by atoms with Crippen LogP contribution < -0.4 is 0 Å². The topological polar surface area (TPSA) is 17.8 Å². The van der Waals surface area contributed by atoms with Crippen LogP contribution in [-0.2, 0) is 6.42 Å². The first-order valence-corrected chi connectivity index (χ1v) is 16.0. The van der Waals surface area contributed by atoms with E-state index in [1.165, 1.54) is 64.0 Å². The maximum Gasteiger partial charge on any atom is 0.114 e. The molecule has 2 heterocycles. The number of rotatable bonds is 4. The van der Waals surface area contributed by atoms with E-state index in [1.807, 2.05) is 11.3 Å². The lowest BCUT2D eigenvalue weighted by molar-refractivity contribution is 0.908. The maximum absolute atomic E-state index is 4.90. The number of hydrogen-bond donors (Lipinski definition) is 0. The van der Waals surface area contributed by atoms with Gasteiger partial charge in [0, 0.05) is 32.3 Å². The van der Waals surface area contributed by atoms with E-state index < -0.39 is 0 Å². The van der Waals surface area contributed by atoms with E-state index in [9.17, 15) is 0 Å². The number of nitrogens with zero attached hydrogens (tertiary/aromatic N) is 2. The third-order valence-electron chi connectivity index (χ3n) is 8.96. The molecule has 208 valence electrons. The zero-order valence-corrected chi connectivity index (χ0v) is 25.1. The Morgan fingerprint density at radius 2 is 1.07 bits per heavy atom. The highest BCUT2D eigenvalue weighted by Crippen LogP contribution is 2.45. The largest absolute Gasteiger partial charge is 0.296 e. The van der Waals surface area contributed by atoms with Gasteiger partial charge in [-0.15, -0.1) is 11.3 Å². The molecule has 0 saturated heterocycles. The van der Waals surface area contributed by atoms with Crippen LogP contribution in [0.25, 0.3) is 80.7 Å². The van der Waals surface area contributed by atoms with Crippen LogP contribution in [-0.4, -0.2) is 9.55 Å². The molecule has 9 rings (SSSR count). The highest BCUT2D eigenvalue weighted by Gasteiger charge is 2.18. The fraction of sp³-hybridized carbons (Fsp3) is 0.0488. The molecule has 9 aromatic rings. The summed E-state index contributed by atoms with van der Waals surface area (Å²) in [6.45, 7) is 2.17. The third-order valence-corrected chi connectivity index (χ3v) is 10.1. The second-order valence-electron chi connectivity index (χ2n) is 11.4. The van der Waals surface area contributed by atoms with Crippen molar-refractivity contribution in [3.8, 4) is 27.9 Å². The highest BCUT2D eigenvalue weighted by molar-refractivity contribution is 7.25. The first-order chi connectivity index (χ1) is 21.8. The molecule has 2 nitrogen and oxygen atoms in total. The van der Waals surface area contributed by atoms with Gasteiger partial charge >= 0.3 is 0 Å². The number of aryl methyl sites for hydroxylation is 1. The Kier molecular flexibility index (Phi) is 5.69. The molecule has 0 aliphatic rings. The summed E-state index contributed by atoms with van der Waals surface area (Å²) in [7, 11) is 0. The Balaban J connectivity index is 1.26. The molecule has 2 aromatic heterocycles. The molecule has 0 aliphatic heterocycles. The molecule has 0 unspecified atom stereocenters. The van der Waals surface area contributed by atoms with Crippen LogP contribution in [0.1, 0.15) is 12.7 Å². The zero-order valence-electron chi connectivity index (χ0n) is 24.3. The quantitative estimate of drug-likeness (QED) is 0.189. The van der Waals surface area contributed by atoms with Gasteiger partial charge in [0.25, 0.3) is 0 Å². The molecule has 0 spiro atoms. The van der Waals surface area contributed by atoms with Crippen molar-refractivity contribution in [2.75, 3.05) is 0 Å². The monoisotopic (exact) mass is 580 g/mol. The van der Waals surface area contributed by atoms with Crippen molar-refractivity contribution in [3.63, 3.8) is 0 Å². The molecule has 0 saturated carbocycles. The Bertz CT molecular complexity index is 2480. The number of hydrogen-bond acceptors (Lipinski definition) is 2. The fourth-order valence-electron chi connectivity index (χ4n) is 7.01. The van der Waals surface area contributed by atoms with Crippen molar-refractivity contribution < 1.29 is 0 Å². The summed E-state index contributed by atoms with van der Waals surface area (Å²) in [5.74, 6) is 1.08. The lowest BCUT2D eigenvalue weighted by atomic mass is 9.86. The predicted molar refractivity (Wildman–Crippen MR) is 189 cm³/mol. The highest BCUT2D eigenvalue weighted by atomic mass is 32.1. The SMILES string of the molecule is CCc1nc2ccccc2n1-c1ccc(-c2c3ccccc3c(-c3ccc4c(c3)sc3ccccc34)c3ccccc23)cc1. The van der Waals surface area contributed by atoms with Gasteiger partial charge in [-0.1, -0.05) is 110 Å². The normalized spacial score (nSPS) is 11.8. The van der Waals surface area contributed by atoms with E-state index in [2.05, 4.69) is 151 Å². The Morgan fingerprint density at radius 1 is 0.523 bits per heavy atom. The molecule has 0 radical (unpaired) electrons. The summed E-state index contributed by atoms with van der Waals surface area (Å²) < 4.78 is 4.96. The summed E-state index contributed by atoms with van der Waals surface area (Å²) in [5, 5.41) is 7.76. The summed E-state index contributed by atoms with van der Waals surface area (Å²) in [4.78, 5) is 4.90. The van der Waals surface area contributed by atoms with Gasteiger partial charge in [-0.05, 0) is 80.2 Å². The fourth-order valence-corrected chi connectivity index (χ4v) is 8.16. The van der Waals surface area contributed by atoms with Crippen LogP contribution >= 0.6 is 11.3 Å². The summed E-state index contributed by atoms with van der Waals surface area (Å²) in [5.41, 5.74) is 8.38. The van der Waals surface area contributed by atoms with Gasteiger partial charge in [0.15, 0.2) is 0 Å². The average molecular weight is 581 g/mol. The van der Waals surface area contributed by atoms with Crippen molar-refractivity contribution in [1.82, 2.24) is 9.55 Å². The number of para-hydroxylation sites is 2. The van der Waals surface area contributed by atoms with E-state index in [1.54, 1.807) is 0 Å². The predicted octanol–water partition coefficient (Wildman–Crippen LogP) is 11.6. The van der Waals surface area contributed by atoms with Crippen LogP contribution in [0.2, 0.25) is 0 Å². The van der Waals surface area contributed by atoms with E-state index in [-0.39, 0.29) is 0 Å². The number of imidazole rings is 1. The lowest BCUT2D eigenvalue weighted by Gasteiger charge is -2.18. The summed E-state index contributed by atoms with van der Waals surface area (Å²) in [6, 6.07) is 51.0. The first kappa shape index (κ1) is 25.3. The first-order valence-electron chi connectivity index (χ1n) is 15.2. The van der Waals surface area contributed by atoms with Crippen LogP contribution in [0, 0.1) is 0 Å². The average Bonchev–Trinajstić information content (AvgIpc) is 3.65. The van der Waals surface area contributed by atoms with Crippen molar-refractivity contribution in [2.45, 2.75) is 13.3 Å². The molecule has 0 atom stereocenters. The minimum Gasteiger partial charge on any atom is -0.296 e. The van der Waals surface area contributed by atoms with E-state index in [0.29, 0.717) is 0 Å². The molecular weight excluding hydrogens is 553 g/mol. The molecule has 0 fully saturated rings. The van der Waals surface area contributed by atoms with Crippen LogP contribution in [0.5, 0.6) is 0 Å².